The van der Waals surface area contributed by atoms with Crippen molar-refractivity contribution >= 4 is 5.97 Å². The molecule has 0 radical (unpaired) electrons. The van der Waals surface area contributed by atoms with Crippen LogP contribution in [0.15, 0.2) is 30.3 Å². The van der Waals surface area contributed by atoms with Gasteiger partial charge in [0.1, 0.15) is 6.61 Å². The van der Waals surface area contributed by atoms with Crippen molar-refractivity contribution in [2.24, 2.45) is 5.92 Å². The molecule has 1 fully saturated rings. The van der Waals surface area contributed by atoms with Gasteiger partial charge in [-0.3, -0.25) is 4.79 Å². The summed E-state index contributed by atoms with van der Waals surface area (Å²) >= 11 is 0. The molecule has 0 aliphatic carbocycles. The first kappa shape index (κ1) is 14.0. The summed E-state index contributed by atoms with van der Waals surface area (Å²) in [6, 6.07) is 9.33. The zero-order chi connectivity index (χ0) is 13.9. The van der Waals surface area contributed by atoms with Gasteiger partial charge in [-0.2, -0.15) is 0 Å². The molecule has 2 rings (SSSR count). The summed E-state index contributed by atoms with van der Waals surface area (Å²) in [4.78, 5) is 11.8. The van der Waals surface area contributed by atoms with Crippen molar-refractivity contribution in [2.75, 3.05) is 20.8 Å². The van der Waals surface area contributed by atoms with Crippen LogP contribution in [0.4, 0.5) is 0 Å². The van der Waals surface area contributed by atoms with E-state index in [2.05, 4.69) is 0 Å². The van der Waals surface area contributed by atoms with Gasteiger partial charge in [0.15, 0.2) is 5.79 Å². The highest BCUT2D eigenvalue weighted by Crippen LogP contribution is 2.43. The van der Waals surface area contributed by atoms with Crippen molar-refractivity contribution in [1.29, 1.82) is 0 Å². The van der Waals surface area contributed by atoms with E-state index in [0.717, 1.165) is 5.56 Å². The first-order valence-corrected chi connectivity index (χ1v) is 6.11. The first-order valence-electron chi connectivity index (χ1n) is 6.11. The second-order valence-electron chi connectivity index (χ2n) is 4.66. The highest BCUT2D eigenvalue weighted by Gasteiger charge is 2.49. The first-order chi connectivity index (χ1) is 9.09. The van der Waals surface area contributed by atoms with Crippen molar-refractivity contribution < 1.29 is 24.1 Å². The minimum atomic E-state index is -1.45. The van der Waals surface area contributed by atoms with Crippen LogP contribution >= 0.6 is 0 Å². The smallest absolute Gasteiger partial charge is 0.311 e. The fourth-order valence-electron chi connectivity index (χ4n) is 2.44. The zero-order valence-corrected chi connectivity index (χ0v) is 11.0. The van der Waals surface area contributed by atoms with E-state index in [0.29, 0.717) is 0 Å². The van der Waals surface area contributed by atoms with Crippen LogP contribution in [0, 0.1) is 5.92 Å². The van der Waals surface area contributed by atoms with Crippen LogP contribution in [0.2, 0.25) is 0 Å². The van der Waals surface area contributed by atoms with E-state index >= 15 is 0 Å². The van der Waals surface area contributed by atoms with E-state index < -0.39 is 17.8 Å². The van der Waals surface area contributed by atoms with Crippen LogP contribution in [-0.4, -0.2) is 37.7 Å². The molecular formula is C14H18O5. The van der Waals surface area contributed by atoms with Gasteiger partial charge in [-0.25, -0.2) is 0 Å². The molecule has 0 spiro atoms. The van der Waals surface area contributed by atoms with E-state index in [1.807, 2.05) is 30.3 Å². The SMILES string of the molecule is COCC1(O)C[C@@H](C(=O)OC)[C@H](c2ccccc2)O1. The maximum absolute atomic E-state index is 11.8. The molecule has 1 aromatic carbocycles. The molecule has 0 bridgehead atoms. The number of rotatable bonds is 4. The lowest BCUT2D eigenvalue weighted by Crippen LogP contribution is -2.33. The molecule has 19 heavy (non-hydrogen) atoms. The Hall–Kier alpha value is -1.43. The Morgan fingerprint density at radius 3 is 2.68 bits per heavy atom. The summed E-state index contributed by atoms with van der Waals surface area (Å²) in [6.45, 7) is 0.0177. The largest absolute Gasteiger partial charge is 0.469 e. The molecule has 0 saturated carbocycles. The molecule has 1 heterocycles. The minimum absolute atomic E-state index is 0.0177. The Kier molecular flexibility index (Phi) is 4.19. The van der Waals surface area contributed by atoms with Gasteiger partial charge in [-0.15, -0.1) is 0 Å². The summed E-state index contributed by atoms with van der Waals surface area (Å²) in [7, 11) is 2.81. The summed E-state index contributed by atoms with van der Waals surface area (Å²) in [5, 5.41) is 10.3. The van der Waals surface area contributed by atoms with Crippen LogP contribution in [0.3, 0.4) is 0 Å². The van der Waals surface area contributed by atoms with Crippen LogP contribution in [0.1, 0.15) is 18.1 Å². The van der Waals surface area contributed by atoms with Crippen molar-refractivity contribution in [3.63, 3.8) is 0 Å². The van der Waals surface area contributed by atoms with E-state index in [1.165, 1.54) is 14.2 Å². The van der Waals surface area contributed by atoms with Crippen molar-refractivity contribution in [2.45, 2.75) is 18.3 Å². The molecule has 1 aliphatic heterocycles. The van der Waals surface area contributed by atoms with Crippen molar-refractivity contribution in [1.82, 2.24) is 0 Å². The number of ether oxygens (including phenoxy) is 3. The van der Waals surface area contributed by atoms with E-state index in [9.17, 15) is 9.90 Å². The van der Waals surface area contributed by atoms with Gasteiger partial charge in [0.05, 0.1) is 19.1 Å². The molecule has 1 aliphatic rings. The standard InChI is InChI=1S/C14H18O5/c1-17-9-14(16)8-11(13(15)18-2)12(19-14)10-6-4-3-5-7-10/h3-7,11-12,16H,8-9H2,1-2H3/t11-,12+,14?/m1/s1. The Morgan fingerprint density at radius 1 is 1.42 bits per heavy atom. The number of carbonyl (C=O) groups excluding carboxylic acids is 1. The molecule has 5 nitrogen and oxygen atoms in total. The molecule has 5 heteroatoms. The summed E-state index contributed by atoms with van der Waals surface area (Å²) in [5.74, 6) is -2.37. The fourth-order valence-corrected chi connectivity index (χ4v) is 2.44. The van der Waals surface area contributed by atoms with Gasteiger partial charge in [0.2, 0.25) is 0 Å². The molecular weight excluding hydrogens is 248 g/mol. The molecule has 0 aromatic heterocycles. The lowest BCUT2D eigenvalue weighted by atomic mass is 9.93. The number of carbonyl (C=O) groups is 1. The van der Waals surface area contributed by atoms with Crippen LogP contribution in [0.5, 0.6) is 0 Å². The molecule has 1 N–H and O–H groups in total. The lowest BCUT2D eigenvalue weighted by Gasteiger charge is -2.22. The van der Waals surface area contributed by atoms with Crippen molar-refractivity contribution in [3.05, 3.63) is 35.9 Å². The number of hydrogen-bond acceptors (Lipinski definition) is 5. The number of benzene rings is 1. The van der Waals surface area contributed by atoms with E-state index in [4.69, 9.17) is 14.2 Å². The minimum Gasteiger partial charge on any atom is -0.469 e. The third-order valence-corrected chi connectivity index (χ3v) is 3.25. The number of esters is 1. The molecule has 1 saturated heterocycles. The lowest BCUT2D eigenvalue weighted by molar-refractivity contribution is -0.218. The maximum atomic E-state index is 11.8. The molecule has 104 valence electrons. The van der Waals surface area contributed by atoms with Crippen LogP contribution < -0.4 is 0 Å². The van der Waals surface area contributed by atoms with Gasteiger partial charge >= 0.3 is 5.97 Å². The zero-order valence-electron chi connectivity index (χ0n) is 11.0. The molecule has 0 amide bonds. The van der Waals surface area contributed by atoms with Gasteiger partial charge in [-0.05, 0) is 5.56 Å². The van der Waals surface area contributed by atoms with Gasteiger partial charge < -0.3 is 19.3 Å². The Morgan fingerprint density at radius 2 is 2.11 bits per heavy atom. The normalized spacial score (nSPS) is 30.3. The summed E-state index contributed by atoms with van der Waals surface area (Å²) < 4.78 is 15.4. The third-order valence-electron chi connectivity index (χ3n) is 3.25. The Balaban J connectivity index is 2.26. The number of methoxy groups -OCH3 is 2. The predicted molar refractivity (Wildman–Crippen MR) is 67.2 cm³/mol. The van der Waals surface area contributed by atoms with Crippen LogP contribution in [-0.2, 0) is 19.0 Å². The molecule has 1 unspecified atom stereocenters. The Bertz CT molecular complexity index is 433. The monoisotopic (exact) mass is 266 g/mol. The predicted octanol–water partition coefficient (Wildman–Crippen LogP) is 1.27. The van der Waals surface area contributed by atoms with E-state index in [-0.39, 0.29) is 19.0 Å². The van der Waals surface area contributed by atoms with Crippen molar-refractivity contribution in [3.8, 4) is 0 Å². The van der Waals surface area contributed by atoms with Gasteiger partial charge in [0.25, 0.3) is 0 Å². The second kappa shape index (κ2) is 5.69. The third kappa shape index (κ3) is 2.94. The average Bonchev–Trinajstić information content (AvgIpc) is 2.77. The highest BCUT2D eigenvalue weighted by atomic mass is 16.7. The number of hydrogen-bond donors (Lipinski definition) is 1. The maximum Gasteiger partial charge on any atom is 0.311 e. The quantitative estimate of drug-likeness (QED) is 0.831. The second-order valence-corrected chi connectivity index (χ2v) is 4.66. The topological polar surface area (TPSA) is 65.0 Å². The Labute approximate surface area is 112 Å². The summed E-state index contributed by atoms with van der Waals surface area (Å²) in [6.07, 6.45) is -0.360. The average molecular weight is 266 g/mol. The van der Waals surface area contributed by atoms with Crippen LogP contribution in [0.25, 0.3) is 0 Å². The van der Waals surface area contributed by atoms with Gasteiger partial charge in [-0.1, -0.05) is 30.3 Å². The molecule has 1 aromatic rings. The van der Waals surface area contributed by atoms with E-state index in [1.54, 1.807) is 0 Å². The highest BCUT2D eigenvalue weighted by molar-refractivity contribution is 5.73. The number of aliphatic hydroxyl groups is 1. The molecule has 3 atom stereocenters. The fraction of sp³-hybridized carbons (Fsp3) is 0.500. The van der Waals surface area contributed by atoms with Gasteiger partial charge in [0, 0.05) is 13.5 Å². The summed E-state index contributed by atoms with van der Waals surface area (Å²) in [5.41, 5.74) is 0.838.